The molecular formula is C14H12BrNO4S. The molecule has 0 atom stereocenters. The van der Waals surface area contributed by atoms with E-state index in [9.17, 15) is 9.59 Å². The van der Waals surface area contributed by atoms with Gasteiger partial charge in [-0.15, -0.1) is 0 Å². The third-order valence-electron chi connectivity index (χ3n) is 2.47. The van der Waals surface area contributed by atoms with Gasteiger partial charge < -0.3 is 9.15 Å². The van der Waals surface area contributed by atoms with Crippen LogP contribution < -0.4 is 4.87 Å². The highest BCUT2D eigenvalue weighted by Gasteiger charge is 2.16. The Morgan fingerprint density at radius 3 is 2.86 bits per heavy atom. The van der Waals surface area contributed by atoms with Gasteiger partial charge in [0.1, 0.15) is 5.76 Å². The largest absolute Gasteiger partial charge is 0.462 e. The van der Waals surface area contributed by atoms with Crippen molar-refractivity contribution in [1.82, 2.24) is 0 Å². The predicted molar refractivity (Wildman–Crippen MR) is 81.3 cm³/mol. The van der Waals surface area contributed by atoms with E-state index in [-0.39, 0.29) is 11.5 Å². The number of hydrogen-bond donors (Lipinski definition) is 0. The summed E-state index contributed by atoms with van der Waals surface area (Å²) in [6.07, 6.45) is 0. The van der Waals surface area contributed by atoms with Crippen LogP contribution >= 0.6 is 27.3 Å². The van der Waals surface area contributed by atoms with Gasteiger partial charge in [-0.05, 0) is 32.0 Å². The first-order valence-corrected chi connectivity index (χ1v) is 7.74. The van der Waals surface area contributed by atoms with Crippen LogP contribution in [0.25, 0.3) is 0 Å². The molecule has 0 N–H and O–H groups in total. The number of esters is 1. The number of ether oxygens (including phenoxy) is 1. The number of halogens is 1. The molecule has 7 heteroatoms. The molecule has 0 radical (unpaired) electrons. The van der Waals surface area contributed by atoms with Gasteiger partial charge in [0.2, 0.25) is 0 Å². The van der Waals surface area contributed by atoms with Crippen molar-refractivity contribution in [2.75, 3.05) is 6.61 Å². The number of rotatable bonds is 3. The number of hydrogen-bond acceptors (Lipinski definition) is 5. The SMILES string of the molecule is CCOC(=O)c1sc(=NC(=O)c2cccc(Br)c2)oc1C. The maximum Gasteiger partial charge on any atom is 0.351 e. The standard InChI is InChI=1S/C14H12BrNO4S/c1-3-19-13(18)11-8(2)20-14(21-11)16-12(17)9-5-4-6-10(15)7-9/h4-7H,3H2,1-2H3. The van der Waals surface area contributed by atoms with Gasteiger partial charge in [-0.25, -0.2) is 4.79 Å². The lowest BCUT2D eigenvalue weighted by atomic mass is 10.2. The van der Waals surface area contributed by atoms with Crippen LogP contribution in [0.15, 0.2) is 38.1 Å². The van der Waals surface area contributed by atoms with Crippen LogP contribution in [-0.4, -0.2) is 18.5 Å². The Morgan fingerprint density at radius 1 is 1.43 bits per heavy atom. The predicted octanol–water partition coefficient (Wildman–Crippen LogP) is 3.33. The fraction of sp³-hybridized carbons (Fsp3) is 0.214. The molecule has 0 aliphatic carbocycles. The van der Waals surface area contributed by atoms with E-state index in [4.69, 9.17) is 9.15 Å². The normalized spacial score (nSPS) is 11.5. The van der Waals surface area contributed by atoms with E-state index < -0.39 is 11.9 Å². The third kappa shape index (κ3) is 3.89. The summed E-state index contributed by atoms with van der Waals surface area (Å²) in [7, 11) is 0. The molecule has 0 fully saturated rings. The van der Waals surface area contributed by atoms with E-state index in [1.807, 2.05) is 6.07 Å². The summed E-state index contributed by atoms with van der Waals surface area (Å²) < 4.78 is 11.0. The molecule has 1 heterocycles. The average molecular weight is 370 g/mol. The van der Waals surface area contributed by atoms with E-state index in [1.165, 1.54) is 0 Å². The second-order valence-corrected chi connectivity index (χ2v) is 5.88. The highest BCUT2D eigenvalue weighted by atomic mass is 79.9. The lowest BCUT2D eigenvalue weighted by Gasteiger charge is -1.96. The van der Waals surface area contributed by atoms with Gasteiger partial charge in [0.05, 0.1) is 6.61 Å². The summed E-state index contributed by atoms with van der Waals surface area (Å²) in [5.41, 5.74) is 0.434. The number of nitrogens with zero attached hydrogens (tertiary/aromatic N) is 1. The average Bonchev–Trinajstić information content (AvgIpc) is 2.80. The molecule has 110 valence electrons. The van der Waals surface area contributed by atoms with Crippen LogP contribution in [0.2, 0.25) is 0 Å². The van der Waals surface area contributed by atoms with Gasteiger partial charge in [-0.2, -0.15) is 4.99 Å². The first-order valence-electron chi connectivity index (χ1n) is 6.13. The minimum Gasteiger partial charge on any atom is -0.462 e. The smallest absolute Gasteiger partial charge is 0.351 e. The summed E-state index contributed by atoms with van der Waals surface area (Å²) >= 11 is 4.29. The Morgan fingerprint density at radius 2 is 2.19 bits per heavy atom. The number of carbonyl (C=O) groups excluding carboxylic acids is 2. The zero-order chi connectivity index (χ0) is 15.4. The van der Waals surface area contributed by atoms with Gasteiger partial charge in [0.25, 0.3) is 10.8 Å². The minimum atomic E-state index is -0.472. The molecular weight excluding hydrogens is 358 g/mol. The Hall–Kier alpha value is -1.73. The minimum absolute atomic E-state index is 0.125. The molecule has 0 unspecified atom stereocenters. The summed E-state index contributed by atoms with van der Waals surface area (Å²) in [5.74, 6) is -0.518. The van der Waals surface area contributed by atoms with Crippen molar-refractivity contribution in [3.8, 4) is 0 Å². The van der Waals surface area contributed by atoms with Crippen molar-refractivity contribution in [2.45, 2.75) is 13.8 Å². The lowest BCUT2D eigenvalue weighted by Crippen LogP contribution is -2.04. The Balaban J connectivity index is 2.32. The summed E-state index contributed by atoms with van der Waals surface area (Å²) in [6.45, 7) is 3.63. The van der Waals surface area contributed by atoms with E-state index >= 15 is 0 Å². The third-order valence-corrected chi connectivity index (χ3v) is 3.98. The van der Waals surface area contributed by atoms with Crippen LogP contribution in [0, 0.1) is 6.92 Å². The van der Waals surface area contributed by atoms with Gasteiger partial charge in [0.15, 0.2) is 4.88 Å². The summed E-state index contributed by atoms with van der Waals surface area (Å²) in [5, 5.41) is 0. The monoisotopic (exact) mass is 369 g/mol. The molecule has 0 saturated heterocycles. The maximum absolute atomic E-state index is 12.0. The number of carbonyl (C=O) groups is 2. The molecule has 1 aromatic carbocycles. The van der Waals surface area contributed by atoms with Gasteiger partial charge >= 0.3 is 5.97 Å². The second-order valence-electron chi connectivity index (χ2n) is 4.00. The van der Waals surface area contributed by atoms with E-state index in [1.54, 1.807) is 32.0 Å². The van der Waals surface area contributed by atoms with Crippen LogP contribution in [-0.2, 0) is 4.74 Å². The molecule has 1 aromatic heterocycles. The van der Waals surface area contributed by atoms with Crippen LogP contribution in [0.4, 0.5) is 0 Å². The topological polar surface area (TPSA) is 68.9 Å². The fourth-order valence-electron chi connectivity index (χ4n) is 1.55. The summed E-state index contributed by atoms with van der Waals surface area (Å²) in [4.78, 5) is 28.0. The van der Waals surface area contributed by atoms with Gasteiger partial charge in [-0.1, -0.05) is 33.3 Å². The highest BCUT2D eigenvalue weighted by Crippen LogP contribution is 2.14. The van der Waals surface area contributed by atoms with Crippen molar-refractivity contribution >= 4 is 39.1 Å². The Bertz CT molecular complexity index is 747. The molecule has 0 aliphatic heterocycles. The molecule has 1 amide bonds. The lowest BCUT2D eigenvalue weighted by molar-refractivity contribution is 0.0529. The van der Waals surface area contributed by atoms with Crippen molar-refractivity contribution < 1.29 is 18.7 Å². The quantitative estimate of drug-likeness (QED) is 0.778. The Kier molecular flexibility index (Phi) is 5.08. The van der Waals surface area contributed by atoms with Crippen molar-refractivity contribution in [3.05, 3.63) is 49.8 Å². The first kappa shape index (κ1) is 15.7. The molecule has 0 spiro atoms. The van der Waals surface area contributed by atoms with Crippen LogP contribution in [0.3, 0.4) is 0 Å². The molecule has 21 heavy (non-hydrogen) atoms. The number of benzene rings is 1. The molecule has 2 rings (SSSR count). The van der Waals surface area contributed by atoms with Crippen molar-refractivity contribution in [3.63, 3.8) is 0 Å². The van der Waals surface area contributed by atoms with Gasteiger partial charge in [-0.3, -0.25) is 4.79 Å². The molecule has 0 bridgehead atoms. The fourth-order valence-corrected chi connectivity index (χ4v) is 2.75. The number of amides is 1. The zero-order valence-electron chi connectivity index (χ0n) is 11.4. The maximum atomic E-state index is 12.0. The highest BCUT2D eigenvalue weighted by molar-refractivity contribution is 9.10. The van der Waals surface area contributed by atoms with E-state index in [0.717, 1.165) is 15.8 Å². The van der Waals surface area contributed by atoms with Crippen LogP contribution in [0.1, 0.15) is 32.7 Å². The zero-order valence-corrected chi connectivity index (χ0v) is 13.8. The molecule has 5 nitrogen and oxygen atoms in total. The van der Waals surface area contributed by atoms with Gasteiger partial charge in [0, 0.05) is 10.0 Å². The summed E-state index contributed by atoms with van der Waals surface area (Å²) in [6, 6.07) is 6.88. The second kappa shape index (κ2) is 6.82. The first-order chi connectivity index (χ1) is 10.0. The number of aryl methyl sites for hydroxylation is 1. The van der Waals surface area contributed by atoms with E-state index in [0.29, 0.717) is 16.2 Å². The van der Waals surface area contributed by atoms with Crippen LogP contribution in [0.5, 0.6) is 0 Å². The van der Waals surface area contributed by atoms with E-state index in [2.05, 4.69) is 20.9 Å². The Labute approximate surface area is 133 Å². The molecule has 0 saturated carbocycles. The van der Waals surface area contributed by atoms with Crippen molar-refractivity contribution in [2.24, 2.45) is 4.99 Å². The van der Waals surface area contributed by atoms with Crippen molar-refractivity contribution in [1.29, 1.82) is 0 Å². The molecule has 2 aromatic rings. The molecule has 0 aliphatic rings.